The Bertz CT molecular complexity index is 826. The van der Waals surface area contributed by atoms with Crippen molar-refractivity contribution >= 4 is 0 Å². The molecular weight excluding hydrogens is 306 g/mol. The van der Waals surface area contributed by atoms with Crippen LogP contribution in [0.25, 0.3) is 11.1 Å². The maximum atomic E-state index is 10.1. The fourth-order valence-electron chi connectivity index (χ4n) is 4.57. The minimum absolute atomic E-state index is 0.456. The predicted molar refractivity (Wildman–Crippen MR) is 99.4 cm³/mol. The third-order valence-corrected chi connectivity index (χ3v) is 5.79. The molecule has 0 aromatic carbocycles. The van der Waals surface area contributed by atoms with E-state index in [1.165, 1.54) is 56.2 Å². The van der Waals surface area contributed by atoms with Gasteiger partial charge in [-0.15, -0.1) is 0 Å². The zero-order valence-corrected chi connectivity index (χ0v) is 15.0. The molecule has 0 aliphatic heterocycles. The molecule has 0 N–H and O–H groups in total. The lowest BCUT2D eigenvalue weighted by molar-refractivity contribution is 0.434. The monoisotopic (exact) mass is 331 g/mol. The van der Waals surface area contributed by atoms with Crippen LogP contribution in [-0.4, -0.2) is 9.97 Å². The Labute approximate surface area is 150 Å². The van der Waals surface area contributed by atoms with Gasteiger partial charge in [0, 0.05) is 29.1 Å². The predicted octanol–water partition coefficient (Wildman–Crippen LogP) is 5.25. The van der Waals surface area contributed by atoms with Crippen molar-refractivity contribution in [1.29, 1.82) is 5.26 Å². The molecule has 4 rings (SSSR count). The number of pyridine rings is 2. The zero-order chi connectivity index (χ0) is 17.2. The molecule has 3 nitrogen and oxygen atoms in total. The van der Waals surface area contributed by atoms with E-state index in [4.69, 9.17) is 4.98 Å². The summed E-state index contributed by atoms with van der Waals surface area (Å²) in [7, 11) is 0. The van der Waals surface area contributed by atoms with Gasteiger partial charge in [-0.05, 0) is 68.7 Å². The van der Waals surface area contributed by atoms with E-state index in [-0.39, 0.29) is 0 Å². The SMILES string of the molecule is Cc1cc(-c2c(C#N)c(C3CCCCC3)nc3c2CCCC3)ccn1. The second-order valence-corrected chi connectivity index (χ2v) is 7.51. The van der Waals surface area contributed by atoms with Gasteiger partial charge in [-0.2, -0.15) is 5.26 Å². The molecule has 0 radical (unpaired) electrons. The minimum Gasteiger partial charge on any atom is -0.262 e. The van der Waals surface area contributed by atoms with E-state index in [1.807, 2.05) is 13.1 Å². The van der Waals surface area contributed by atoms with Crippen LogP contribution in [0.15, 0.2) is 18.3 Å². The molecule has 0 atom stereocenters. The van der Waals surface area contributed by atoms with E-state index in [2.05, 4.69) is 23.2 Å². The van der Waals surface area contributed by atoms with Crippen molar-refractivity contribution in [2.75, 3.05) is 0 Å². The van der Waals surface area contributed by atoms with E-state index in [0.717, 1.165) is 40.9 Å². The van der Waals surface area contributed by atoms with Gasteiger partial charge in [0.05, 0.1) is 11.3 Å². The number of nitrogens with zero attached hydrogens (tertiary/aromatic N) is 3. The van der Waals surface area contributed by atoms with Gasteiger partial charge >= 0.3 is 0 Å². The number of hydrogen-bond donors (Lipinski definition) is 0. The maximum Gasteiger partial charge on any atom is 0.102 e. The number of aromatic nitrogens is 2. The molecule has 2 aromatic heterocycles. The van der Waals surface area contributed by atoms with Gasteiger partial charge < -0.3 is 0 Å². The first kappa shape index (κ1) is 16.3. The van der Waals surface area contributed by atoms with Gasteiger partial charge in [0.15, 0.2) is 0 Å². The normalized spacial score (nSPS) is 17.8. The summed E-state index contributed by atoms with van der Waals surface area (Å²) in [5.41, 5.74) is 7.76. The van der Waals surface area contributed by atoms with Crippen molar-refractivity contribution < 1.29 is 0 Å². The molecule has 1 saturated carbocycles. The highest BCUT2D eigenvalue weighted by molar-refractivity contribution is 5.76. The van der Waals surface area contributed by atoms with Crippen LogP contribution in [0.3, 0.4) is 0 Å². The van der Waals surface area contributed by atoms with Crippen LogP contribution in [-0.2, 0) is 12.8 Å². The highest BCUT2D eigenvalue weighted by Gasteiger charge is 2.27. The summed E-state index contributed by atoms with van der Waals surface area (Å²) in [5.74, 6) is 0.456. The number of hydrogen-bond acceptors (Lipinski definition) is 3. The van der Waals surface area contributed by atoms with Crippen LogP contribution in [0.1, 0.15) is 79.1 Å². The van der Waals surface area contributed by atoms with Gasteiger partial charge in [-0.3, -0.25) is 9.97 Å². The summed E-state index contributed by atoms with van der Waals surface area (Å²) in [6.45, 7) is 2.02. The standard InChI is InChI=1S/C22H25N3/c1-15-13-17(11-12-24-15)21-18-9-5-6-10-20(18)25-22(19(21)14-23)16-7-3-2-4-8-16/h11-13,16H,2-10H2,1H3. The molecule has 128 valence electrons. The molecule has 1 fully saturated rings. The lowest BCUT2D eigenvalue weighted by atomic mass is 9.80. The summed E-state index contributed by atoms with van der Waals surface area (Å²) in [6, 6.07) is 6.73. The summed E-state index contributed by atoms with van der Waals surface area (Å²) in [4.78, 5) is 9.42. The van der Waals surface area contributed by atoms with Crippen molar-refractivity contribution in [1.82, 2.24) is 9.97 Å². The Morgan fingerprint density at radius 1 is 1.08 bits per heavy atom. The van der Waals surface area contributed by atoms with Crippen molar-refractivity contribution in [2.24, 2.45) is 0 Å². The first-order valence-electron chi connectivity index (χ1n) is 9.66. The second-order valence-electron chi connectivity index (χ2n) is 7.51. The quantitative estimate of drug-likeness (QED) is 0.755. The van der Waals surface area contributed by atoms with Gasteiger partial charge in [0.2, 0.25) is 0 Å². The Morgan fingerprint density at radius 2 is 1.88 bits per heavy atom. The molecule has 2 heterocycles. The first-order chi connectivity index (χ1) is 12.3. The molecular formula is C22H25N3. The summed E-state index contributed by atoms with van der Waals surface area (Å²) >= 11 is 0. The van der Waals surface area contributed by atoms with E-state index in [0.29, 0.717) is 5.92 Å². The molecule has 0 bridgehead atoms. The largest absolute Gasteiger partial charge is 0.262 e. The summed E-state index contributed by atoms with van der Waals surface area (Å²) < 4.78 is 0. The van der Waals surface area contributed by atoms with Crippen molar-refractivity contribution in [3.8, 4) is 17.2 Å². The van der Waals surface area contributed by atoms with Crippen LogP contribution in [0.5, 0.6) is 0 Å². The fraction of sp³-hybridized carbons (Fsp3) is 0.500. The minimum atomic E-state index is 0.456. The lowest BCUT2D eigenvalue weighted by Gasteiger charge is -2.27. The molecule has 0 spiro atoms. The topological polar surface area (TPSA) is 49.6 Å². The van der Waals surface area contributed by atoms with Crippen LogP contribution < -0.4 is 0 Å². The van der Waals surface area contributed by atoms with E-state index < -0.39 is 0 Å². The van der Waals surface area contributed by atoms with E-state index in [1.54, 1.807) is 0 Å². The molecule has 3 heteroatoms. The maximum absolute atomic E-state index is 10.1. The summed E-state index contributed by atoms with van der Waals surface area (Å²) in [6.07, 6.45) is 12.6. The number of nitriles is 1. The Balaban J connectivity index is 1.95. The molecule has 0 amide bonds. The van der Waals surface area contributed by atoms with Crippen molar-refractivity contribution in [2.45, 2.75) is 70.6 Å². The van der Waals surface area contributed by atoms with Crippen LogP contribution in [0.2, 0.25) is 0 Å². The highest BCUT2D eigenvalue weighted by Crippen LogP contribution is 2.40. The number of aryl methyl sites for hydroxylation is 2. The average Bonchev–Trinajstić information content (AvgIpc) is 2.67. The van der Waals surface area contributed by atoms with E-state index >= 15 is 0 Å². The molecule has 0 unspecified atom stereocenters. The van der Waals surface area contributed by atoms with Crippen LogP contribution >= 0.6 is 0 Å². The lowest BCUT2D eigenvalue weighted by Crippen LogP contribution is -2.16. The van der Waals surface area contributed by atoms with Gasteiger partial charge in [-0.25, -0.2) is 0 Å². The fourth-order valence-corrected chi connectivity index (χ4v) is 4.57. The Kier molecular flexibility index (Phi) is 4.53. The summed E-state index contributed by atoms with van der Waals surface area (Å²) in [5, 5.41) is 10.1. The first-order valence-corrected chi connectivity index (χ1v) is 9.66. The Morgan fingerprint density at radius 3 is 2.64 bits per heavy atom. The molecule has 25 heavy (non-hydrogen) atoms. The zero-order valence-electron chi connectivity index (χ0n) is 15.0. The third-order valence-electron chi connectivity index (χ3n) is 5.79. The second kappa shape index (κ2) is 6.96. The van der Waals surface area contributed by atoms with Crippen molar-refractivity contribution in [3.63, 3.8) is 0 Å². The van der Waals surface area contributed by atoms with Gasteiger partial charge in [-0.1, -0.05) is 19.3 Å². The van der Waals surface area contributed by atoms with Gasteiger partial charge in [0.1, 0.15) is 6.07 Å². The van der Waals surface area contributed by atoms with E-state index in [9.17, 15) is 5.26 Å². The molecule has 2 aliphatic carbocycles. The smallest absolute Gasteiger partial charge is 0.102 e. The highest BCUT2D eigenvalue weighted by atomic mass is 14.7. The molecule has 2 aromatic rings. The molecule has 2 aliphatic rings. The van der Waals surface area contributed by atoms with Crippen LogP contribution in [0.4, 0.5) is 0 Å². The van der Waals surface area contributed by atoms with Gasteiger partial charge in [0.25, 0.3) is 0 Å². The number of rotatable bonds is 2. The van der Waals surface area contributed by atoms with Crippen LogP contribution in [0, 0.1) is 18.3 Å². The average molecular weight is 331 g/mol. The molecule has 0 saturated heterocycles. The third kappa shape index (κ3) is 3.06. The Hall–Kier alpha value is -2.21. The number of fused-ring (bicyclic) bond motifs is 1. The van der Waals surface area contributed by atoms with Crippen molar-refractivity contribution in [3.05, 3.63) is 46.5 Å².